The van der Waals surface area contributed by atoms with Crippen LogP contribution in [-0.2, 0) is 6.54 Å². The second-order valence-electron chi connectivity index (χ2n) is 5.68. The van der Waals surface area contributed by atoms with Crippen molar-refractivity contribution in [1.82, 2.24) is 0 Å². The predicted octanol–water partition coefficient (Wildman–Crippen LogP) is 0.601. The van der Waals surface area contributed by atoms with E-state index in [0.29, 0.717) is 6.54 Å². The molecule has 4 nitrogen and oxygen atoms in total. The molecule has 2 N–H and O–H groups in total. The molecule has 0 amide bonds. The zero-order valence-corrected chi connectivity index (χ0v) is 14.7. The van der Waals surface area contributed by atoms with Crippen LogP contribution in [0.15, 0.2) is 72.9 Å². The monoisotopic (exact) mass is 367 g/mol. The molecular weight excluding hydrogens is 350 g/mol. The number of halogens is 1. The Morgan fingerprint density at radius 1 is 0.962 bits per heavy atom. The van der Waals surface area contributed by atoms with Gasteiger partial charge in [0.25, 0.3) is 0 Å². The first kappa shape index (κ1) is 19.2. The zero-order valence-electron chi connectivity index (χ0n) is 13.9. The molecule has 0 unspecified atom stereocenters. The number of pyridine rings is 1. The lowest BCUT2D eigenvalue weighted by molar-refractivity contribution is -0.690. The molecule has 5 heteroatoms. The number of benzene rings is 2. The zero-order chi connectivity index (χ0) is 17.6. The van der Waals surface area contributed by atoms with Crippen LogP contribution in [0.4, 0.5) is 0 Å². The van der Waals surface area contributed by atoms with Gasteiger partial charge in [-0.25, -0.2) is 4.79 Å². The van der Waals surface area contributed by atoms with Crippen LogP contribution in [0.1, 0.15) is 27.2 Å². The van der Waals surface area contributed by atoms with Crippen molar-refractivity contribution in [3.05, 3.63) is 95.3 Å². The van der Waals surface area contributed by atoms with Gasteiger partial charge in [-0.3, -0.25) is 0 Å². The molecule has 0 aliphatic heterocycles. The van der Waals surface area contributed by atoms with E-state index in [1.54, 1.807) is 30.3 Å². The average Bonchev–Trinajstić information content (AvgIpc) is 2.62. The SMILES string of the molecule is O=C(O)c1cccc(C[n+]2ccccc2/C=C/c2ccc(O)cc2)c1.[Cl-]. The quantitative estimate of drug-likeness (QED) is 0.649. The summed E-state index contributed by atoms with van der Waals surface area (Å²) in [4.78, 5) is 11.1. The first-order valence-electron chi connectivity index (χ1n) is 7.90. The number of hydrogen-bond donors (Lipinski definition) is 2. The highest BCUT2D eigenvalue weighted by atomic mass is 35.5. The lowest BCUT2D eigenvalue weighted by atomic mass is 10.1. The maximum Gasteiger partial charge on any atom is 0.335 e. The minimum Gasteiger partial charge on any atom is -1.00 e. The van der Waals surface area contributed by atoms with Gasteiger partial charge in [0.1, 0.15) is 5.75 Å². The Bertz CT molecular complexity index is 921. The van der Waals surface area contributed by atoms with Gasteiger partial charge in [-0.2, -0.15) is 4.57 Å². The normalized spacial score (nSPS) is 10.5. The van der Waals surface area contributed by atoms with Crippen molar-refractivity contribution >= 4 is 18.1 Å². The summed E-state index contributed by atoms with van der Waals surface area (Å²) in [7, 11) is 0. The smallest absolute Gasteiger partial charge is 0.335 e. The molecular formula is C21H18ClNO3. The van der Waals surface area contributed by atoms with Crippen molar-refractivity contribution in [2.75, 3.05) is 0 Å². The maximum atomic E-state index is 11.1. The summed E-state index contributed by atoms with van der Waals surface area (Å²) < 4.78 is 2.05. The van der Waals surface area contributed by atoms with Crippen molar-refractivity contribution in [3.63, 3.8) is 0 Å². The molecule has 1 heterocycles. The number of rotatable bonds is 5. The average molecular weight is 368 g/mol. The Morgan fingerprint density at radius 2 is 1.73 bits per heavy atom. The maximum absolute atomic E-state index is 11.1. The van der Waals surface area contributed by atoms with E-state index in [2.05, 4.69) is 4.57 Å². The Balaban J connectivity index is 0.00000243. The molecule has 3 aromatic rings. The third kappa shape index (κ3) is 4.94. The van der Waals surface area contributed by atoms with Gasteiger partial charge in [-0.1, -0.05) is 24.3 Å². The summed E-state index contributed by atoms with van der Waals surface area (Å²) in [5.41, 5.74) is 3.20. The fraction of sp³-hybridized carbons (Fsp3) is 0.0476. The van der Waals surface area contributed by atoms with E-state index in [1.807, 2.05) is 54.7 Å². The van der Waals surface area contributed by atoms with E-state index in [9.17, 15) is 9.90 Å². The van der Waals surface area contributed by atoms with Crippen LogP contribution in [-0.4, -0.2) is 16.2 Å². The van der Waals surface area contributed by atoms with Crippen molar-refractivity contribution in [2.45, 2.75) is 6.54 Å². The molecule has 0 spiro atoms. The first-order chi connectivity index (χ1) is 12.1. The Kier molecular flexibility index (Phi) is 6.53. The molecule has 2 aromatic carbocycles. The van der Waals surface area contributed by atoms with Gasteiger partial charge in [0.15, 0.2) is 12.7 Å². The highest BCUT2D eigenvalue weighted by Gasteiger charge is 2.10. The number of aromatic carboxylic acids is 1. The van der Waals surface area contributed by atoms with Gasteiger partial charge < -0.3 is 22.6 Å². The number of phenolic OH excluding ortho intramolecular Hbond substituents is 1. The molecule has 132 valence electrons. The topological polar surface area (TPSA) is 61.4 Å². The van der Waals surface area contributed by atoms with Crippen molar-refractivity contribution < 1.29 is 32.0 Å². The van der Waals surface area contributed by atoms with Crippen LogP contribution in [0.5, 0.6) is 5.75 Å². The molecule has 3 rings (SSSR count). The largest absolute Gasteiger partial charge is 1.00 e. The number of phenols is 1. The van der Waals surface area contributed by atoms with Gasteiger partial charge in [0, 0.05) is 23.8 Å². The van der Waals surface area contributed by atoms with Crippen LogP contribution < -0.4 is 17.0 Å². The van der Waals surface area contributed by atoms with Crippen LogP contribution in [0.3, 0.4) is 0 Å². The highest BCUT2D eigenvalue weighted by molar-refractivity contribution is 5.87. The molecule has 1 aromatic heterocycles. The molecule has 0 radical (unpaired) electrons. The van der Waals surface area contributed by atoms with Crippen LogP contribution in [0.25, 0.3) is 12.2 Å². The highest BCUT2D eigenvalue weighted by Crippen LogP contribution is 2.12. The van der Waals surface area contributed by atoms with Crippen molar-refractivity contribution in [3.8, 4) is 5.75 Å². The number of aromatic nitrogens is 1. The summed E-state index contributed by atoms with van der Waals surface area (Å²) >= 11 is 0. The first-order valence-corrected chi connectivity index (χ1v) is 7.90. The minimum absolute atomic E-state index is 0. The molecule has 0 saturated heterocycles. The second kappa shape index (κ2) is 8.83. The third-order valence-electron chi connectivity index (χ3n) is 3.84. The summed E-state index contributed by atoms with van der Waals surface area (Å²) in [5.74, 6) is -0.683. The third-order valence-corrected chi connectivity index (χ3v) is 3.84. The van der Waals surface area contributed by atoms with E-state index in [0.717, 1.165) is 16.8 Å². The molecule has 0 aliphatic carbocycles. The van der Waals surface area contributed by atoms with Gasteiger partial charge in [0.05, 0.1) is 5.56 Å². The van der Waals surface area contributed by atoms with Crippen LogP contribution in [0.2, 0.25) is 0 Å². The van der Waals surface area contributed by atoms with E-state index in [1.165, 1.54) is 0 Å². The summed E-state index contributed by atoms with van der Waals surface area (Å²) in [5, 5.41) is 18.5. The Hall–Kier alpha value is -3.11. The number of hydrogen-bond acceptors (Lipinski definition) is 2. The molecule has 0 aliphatic rings. The van der Waals surface area contributed by atoms with Crippen LogP contribution >= 0.6 is 0 Å². The lowest BCUT2D eigenvalue weighted by Gasteiger charge is -2.02. The van der Waals surface area contributed by atoms with Crippen molar-refractivity contribution in [2.24, 2.45) is 0 Å². The fourth-order valence-electron chi connectivity index (χ4n) is 2.55. The number of carbonyl (C=O) groups is 1. The molecule has 0 bridgehead atoms. The second-order valence-corrected chi connectivity index (χ2v) is 5.68. The fourth-order valence-corrected chi connectivity index (χ4v) is 2.55. The molecule has 0 saturated carbocycles. The summed E-state index contributed by atoms with van der Waals surface area (Å²) in [6.07, 6.45) is 5.93. The van der Waals surface area contributed by atoms with E-state index in [4.69, 9.17) is 5.11 Å². The number of carboxylic acid groups (broad SMARTS) is 1. The minimum atomic E-state index is -0.924. The summed E-state index contributed by atoms with van der Waals surface area (Å²) in [6.45, 7) is 0.581. The molecule has 26 heavy (non-hydrogen) atoms. The number of nitrogens with zero attached hydrogens (tertiary/aromatic N) is 1. The molecule has 0 atom stereocenters. The lowest BCUT2D eigenvalue weighted by Crippen LogP contribution is -3.00. The van der Waals surface area contributed by atoms with Gasteiger partial charge >= 0.3 is 5.97 Å². The molecule has 0 fully saturated rings. The van der Waals surface area contributed by atoms with E-state index >= 15 is 0 Å². The Labute approximate surface area is 158 Å². The van der Waals surface area contributed by atoms with Gasteiger partial charge in [0.2, 0.25) is 5.69 Å². The standard InChI is InChI=1S/C21H17NO3.ClH/c23-20-11-8-16(9-12-20)7-10-19-6-1-2-13-22(19)15-17-4-3-5-18(14-17)21(24)25;/h1-14H,15H2,(H,24,25);1H. The van der Waals surface area contributed by atoms with E-state index in [-0.39, 0.29) is 23.7 Å². The number of carboxylic acids is 1. The van der Waals surface area contributed by atoms with Crippen molar-refractivity contribution in [1.29, 1.82) is 0 Å². The van der Waals surface area contributed by atoms with Gasteiger partial charge in [-0.15, -0.1) is 0 Å². The predicted molar refractivity (Wildman–Crippen MR) is 96.2 cm³/mol. The number of aromatic hydroxyl groups is 1. The van der Waals surface area contributed by atoms with Gasteiger partial charge in [-0.05, 0) is 42.0 Å². The summed E-state index contributed by atoms with van der Waals surface area (Å²) in [6, 6.07) is 19.8. The Morgan fingerprint density at radius 3 is 2.46 bits per heavy atom. The van der Waals surface area contributed by atoms with Crippen LogP contribution in [0, 0.1) is 0 Å². The van der Waals surface area contributed by atoms with E-state index < -0.39 is 5.97 Å².